The van der Waals surface area contributed by atoms with Crippen LogP contribution in [-0.4, -0.2) is 28.3 Å². The molecular weight excluding hydrogens is 274 g/mol. The summed E-state index contributed by atoms with van der Waals surface area (Å²) in [4.78, 5) is 4.28. The molecule has 1 fully saturated rings. The third kappa shape index (κ3) is 1.89. The quantitative estimate of drug-likeness (QED) is 0.776. The summed E-state index contributed by atoms with van der Waals surface area (Å²) >= 11 is 0. The third-order valence-corrected chi connectivity index (χ3v) is 4.48. The summed E-state index contributed by atoms with van der Waals surface area (Å²) in [5, 5.41) is 20.4. The SMILES string of the molecule is N#CCC1(c2cccc(-c3ccnc4[nH]ncc34)c2)CNC1. The second-order valence-electron chi connectivity index (χ2n) is 5.79. The van der Waals surface area contributed by atoms with E-state index in [1.54, 1.807) is 12.4 Å². The van der Waals surface area contributed by atoms with E-state index in [-0.39, 0.29) is 5.41 Å². The Morgan fingerprint density at radius 1 is 1.27 bits per heavy atom. The van der Waals surface area contributed by atoms with Crippen LogP contribution >= 0.6 is 0 Å². The molecule has 5 heteroatoms. The van der Waals surface area contributed by atoms with Crippen molar-refractivity contribution in [3.8, 4) is 17.2 Å². The average molecular weight is 289 g/mol. The van der Waals surface area contributed by atoms with Crippen molar-refractivity contribution in [1.82, 2.24) is 20.5 Å². The first-order chi connectivity index (χ1) is 10.8. The topological polar surface area (TPSA) is 77.4 Å². The van der Waals surface area contributed by atoms with Crippen LogP contribution in [-0.2, 0) is 5.41 Å². The number of rotatable bonds is 3. The van der Waals surface area contributed by atoms with Crippen LogP contribution in [0.2, 0.25) is 0 Å². The van der Waals surface area contributed by atoms with E-state index in [9.17, 15) is 0 Å². The first kappa shape index (κ1) is 13.0. The second kappa shape index (κ2) is 4.93. The minimum atomic E-state index is -0.0483. The van der Waals surface area contributed by atoms with Gasteiger partial charge in [0.25, 0.3) is 0 Å². The van der Waals surface area contributed by atoms with Gasteiger partial charge in [-0.15, -0.1) is 0 Å². The fraction of sp³-hybridized carbons (Fsp3) is 0.235. The van der Waals surface area contributed by atoms with Crippen molar-refractivity contribution in [2.75, 3.05) is 13.1 Å². The molecule has 22 heavy (non-hydrogen) atoms. The number of fused-ring (bicyclic) bond motifs is 1. The van der Waals surface area contributed by atoms with E-state index >= 15 is 0 Å². The molecule has 1 aliphatic rings. The molecule has 0 aliphatic carbocycles. The summed E-state index contributed by atoms with van der Waals surface area (Å²) < 4.78 is 0. The molecule has 0 amide bonds. The van der Waals surface area contributed by atoms with Crippen molar-refractivity contribution < 1.29 is 0 Å². The molecule has 0 saturated carbocycles. The molecule has 1 aromatic carbocycles. The highest BCUT2D eigenvalue weighted by Crippen LogP contribution is 2.35. The van der Waals surface area contributed by atoms with E-state index in [1.165, 1.54) is 5.56 Å². The lowest BCUT2D eigenvalue weighted by molar-refractivity contribution is 0.282. The summed E-state index contributed by atoms with van der Waals surface area (Å²) in [6, 6.07) is 12.8. The van der Waals surface area contributed by atoms with Gasteiger partial charge in [0.05, 0.1) is 12.3 Å². The molecular formula is C17H15N5. The van der Waals surface area contributed by atoms with Gasteiger partial charge < -0.3 is 5.32 Å². The molecule has 0 unspecified atom stereocenters. The van der Waals surface area contributed by atoms with Crippen LogP contribution in [0.5, 0.6) is 0 Å². The van der Waals surface area contributed by atoms with E-state index in [0.29, 0.717) is 6.42 Å². The van der Waals surface area contributed by atoms with Crippen LogP contribution in [0.4, 0.5) is 0 Å². The first-order valence-corrected chi connectivity index (χ1v) is 7.29. The number of aromatic nitrogens is 3. The number of hydrogen-bond donors (Lipinski definition) is 2. The van der Waals surface area contributed by atoms with Crippen molar-refractivity contribution in [2.24, 2.45) is 0 Å². The normalized spacial score (nSPS) is 16.1. The molecule has 108 valence electrons. The summed E-state index contributed by atoms with van der Waals surface area (Å²) in [5.41, 5.74) is 4.21. The van der Waals surface area contributed by atoms with Crippen molar-refractivity contribution in [3.05, 3.63) is 48.3 Å². The third-order valence-electron chi connectivity index (χ3n) is 4.48. The monoisotopic (exact) mass is 289 g/mol. The van der Waals surface area contributed by atoms with E-state index in [4.69, 9.17) is 5.26 Å². The summed E-state index contributed by atoms with van der Waals surface area (Å²) in [7, 11) is 0. The Hall–Kier alpha value is -2.71. The molecule has 4 rings (SSSR count). The summed E-state index contributed by atoms with van der Waals surface area (Å²) in [6.45, 7) is 1.73. The van der Waals surface area contributed by atoms with Gasteiger partial charge in [0, 0.05) is 36.5 Å². The highest BCUT2D eigenvalue weighted by molar-refractivity contribution is 5.92. The van der Waals surface area contributed by atoms with Gasteiger partial charge in [-0.2, -0.15) is 10.4 Å². The van der Waals surface area contributed by atoms with Crippen LogP contribution in [0, 0.1) is 11.3 Å². The number of H-pyrrole nitrogens is 1. The van der Waals surface area contributed by atoms with E-state index in [1.807, 2.05) is 6.07 Å². The lowest BCUT2D eigenvalue weighted by Crippen LogP contribution is -2.56. The van der Waals surface area contributed by atoms with Gasteiger partial charge in [0.15, 0.2) is 5.65 Å². The maximum absolute atomic E-state index is 9.13. The smallest absolute Gasteiger partial charge is 0.155 e. The van der Waals surface area contributed by atoms with Crippen LogP contribution < -0.4 is 5.32 Å². The van der Waals surface area contributed by atoms with Crippen molar-refractivity contribution in [3.63, 3.8) is 0 Å². The van der Waals surface area contributed by atoms with Crippen LogP contribution in [0.1, 0.15) is 12.0 Å². The Balaban J connectivity index is 1.83. The number of pyridine rings is 1. The Bertz CT molecular complexity index is 870. The van der Waals surface area contributed by atoms with Crippen LogP contribution in [0.25, 0.3) is 22.2 Å². The predicted molar refractivity (Wildman–Crippen MR) is 84.1 cm³/mol. The molecule has 0 bridgehead atoms. The Morgan fingerprint density at radius 2 is 2.18 bits per heavy atom. The van der Waals surface area contributed by atoms with E-state index in [0.717, 1.165) is 35.2 Å². The molecule has 0 spiro atoms. The number of benzene rings is 1. The molecule has 3 heterocycles. The molecule has 5 nitrogen and oxygen atoms in total. The number of hydrogen-bond acceptors (Lipinski definition) is 4. The zero-order valence-corrected chi connectivity index (χ0v) is 12.0. The molecule has 1 aliphatic heterocycles. The van der Waals surface area contributed by atoms with E-state index < -0.39 is 0 Å². The van der Waals surface area contributed by atoms with E-state index in [2.05, 4.69) is 50.8 Å². The largest absolute Gasteiger partial charge is 0.315 e. The fourth-order valence-electron chi connectivity index (χ4n) is 3.13. The Labute approximate surface area is 128 Å². The van der Waals surface area contributed by atoms with Gasteiger partial charge in [-0.25, -0.2) is 4.98 Å². The predicted octanol–water partition coefficient (Wildman–Crippen LogP) is 2.38. The minimum Gasteiger partial charge on any atom is -0.315 e. The molecule has 2 N–H and O–H groups in total. The fourth-order valence-corrected chi connectivity index (χ4v) is 3.13. The zero-order valence-electron chi connectivity index (χ0n) is 12.0. The van der Waals surface area contributed by atoms with Gasteiger partial charge in [0.2, 0.25) is 0 Å². The highest BCUT2D eigenvalue weighted by Gasteiger charge is 2.38. The second-order valence-corrected chi connectivity index (χ2v) is 5.79. The lowest BCUT2D eigenvalue weighted by Gasteiger charge is -2.41. The van der Waals surface area contributed by atoms with Gasteiger partial charge in [-0.3, -0.25) is 5.10 Å². The molecule has 0 radical (unpaired) electrons. The molecule has 3 aromatic rings. The minimum absolute atomic E-state index is 0.0483. The molecule has 2 aromatic heterocycles. The summed E-state index contributed by atoms with van der Waals surface area (Å²) in [5.74, 6) is 0. The highest BCUT2D eigenvalue weighted by atomic mass is 15.1. The first-order valence-electron chi connectivity index (χ1n) is 7.29. The van der Waals surface area contributed by atoms with Gasteiger partial charge in [-0.05, 0) is 22.8 Å². The number of nitrogens with one attached hydrogen (secondary N) is 2. The zero-order chi connectivity index (χ0) is 15.0. The van der Waals surface area contributed by atoms with Gasteiger partial charge in [-0.1, -0.05) is 24.3 Å². The standard InChI is InChI=1S/C17H15N5/c18-6-5-17(10-19-11-17)13-3-1-2-12(8-13)14-4-7-20-16-15(14)9-21-22-16/h1-4,7-9,19H,5,10-11H2,(H,20,21,22). The molecule has 1 saturated heterocycles. The summed E-state index contributed by atoms with van der Waals surface area (Å²) in [6.07, 6.45) is 4.14. The Morgan fingerprint density at radius 3 is 2.95 bits per heavy atom. The maximum Gasteiger partial charge on any atom is 0.155 e. The number of nitrogens with zero attached hydrogens (tertiary/aromatic N) is 3. The Kier molecular flexibility index (Phi) is 2.91. The maximum atomic E-state index is 9.13. The number of aromatic amines is 1. The lowest BCUT2D eigenvalue weighted by atomic mass is 9.72. The van der Waals surface area contributed by atoms with Crippen molar-refractivity contribution in [1.29, 1.82) is 5.26 Å². The average Bonchev–Trinajstić information content (AvgIpc) is 2.99. The van der Waals surface area contributed by atoms with Crippen molar-refractivity contribution in [2.45, 2.75) is 11.8 Å². The van der Waals surface area contributed by atoms with Gasteiger partial charge in [0.1, 0.15) is 0 Å². The van der Waals surface area contributed by atoms with Crippen molar-refractivity contribution >= 4 is 11.0 Å². The van der Waals surface area contributed by atoms with Gasteiger partial charge >= 0.3 is 0 Å². The molecule has 0 atom stereocenters. The van der Waals surface area contributed by atoms with Crippen LogP contribution in [0.3, 0.4) is 0 Å². The number of nitriles is 1. The van der Waals surface area contributed by atoms with Crippen LogP contribution in [0.15, 0.2) is 42.7 Å².